The van der Waals surface area contributed by atoms with Crippen molar-refractivity contribution < 1.29 is 9.66 Å². The average Bonchev–Trinajstić information content (AvgIpc) is 2.72. The first-order valence-electron chi connectivity index (χ1n) is 8.88. The summed E-state index contributed by atoms with van der Waals surface area (Å²) >= 11 is 0. The topological polar surface area (TPSA) is 65.3 Å². The van der Waals surface area contributed by atoms with Crippen LogP contribution in [0.25, 0.3) is 32.9 Å². The van der Waals surface area contributed by atoms with E-state index in [2.05, 4.69) is 18.2 Å². The molecule has 1 aromatic heterocycles. The lowest BCUT2D eigenvalue weighted by atomic mass is 9.91. The molecule has 1 aliphatic rings. The second-order valence-corrected chi connectivity index (χ2v) is 6.71. The van der Waals surface area contributed by atoms with Crippen LogP contribution in [0, 0.1) is 10.1 Å². The van der Waals surface area contributed by atoms with Gasteiger partial charge in [0.05, 0.1) is 29.3 Å². The van der Waals surface area contributed by atoms with Gasteiger partial charge in [-0.15, -0.1) is 0 Å². The second kappa shape index (κ2) is 6.14. The van der Waals surface area contributed by atoms with Crippen LogP contribution in [0.3, 0.4) is 0 Å². The SMILES string of the molecule is O=[N+]([O-])c1cccc(-c2nc3ccc4ccccc4c3c3c2COCC3)c1. The molecular formula is C22H16N2O3. The van der Waals surface area contributed by atoms with Crippen molar-refractivity contribution in [3.63, 3.8) is 0 Å². The summed E-state index contributed by atoms with van der Waals surface area (Å²) in [5, 5.41) is 14.7. The summed E-state index contributed by atoms with van der Waals surface area (Å²) in [6, 6.07) is 19.1. The van der Waals surface area contributed by atoms with E-state index in [-0.39, 0.29) is 10.6 Å². The molecule has 0 unspecified atom stereocenters. The Balaban J connectivity index is 1.86. The molecule has 2 heterocycles. The minimum atomic E-state index is -0.374. The molecule has 0 bridgehead atoms. The minimum absolute atomic E-state index is 0.0680. The summed E-state index contributed by atoms with van der Waals surface area (Å²) in [5.41, 5.74) is 4.78. The first kappa shape index (κ1) is 15.9. The Morgan fingerprint density at radius 2 is 1.89 bits per heavy atom. The molecule has 0 saturated carbocycles. The van der Waals surface area contributed by atoms with Crippen molar-refractivity contribution in [2.75, 3.05) is 6.61 Å². The lowest BCUT2D eigenvalue weighted by Crippen LogP contribution is -2.13. The van der Waals surface area contributed by atoms with E-state index in [4.69, 9.17) is 9.72 Å². The molecule has 5 rings (SSSR count). The van der Waals surface area contributed by atoms with Crippen LogP contribution in [0.5, 0.6) is 0 Å². The van der Waals surface area contributed by atoms with Crippen molar-refractivity contribution in [1.29, 1.82) is 0 Å². The van der Waals surface area contributed by atoms with Crippen LogP contribution in [0.1, 0.15) is 11.1 Å². The summed E-state index contributed by atoms with van der Waals surface area (Å²) in [5.74, 6) is 0. The predicted molar refractivity (Wildman–Crippen MR) is 105 cm³/mol. The van der Waals surface area contributed by atoms with Crippen LogP contribution in [-0.4, -0.2) is 16.5 Å². The Morgan fingerprint density at radius 1 is 1.00 bits per heavy atom. The van der Waals surface area contributed by atoms with Crippen LogP contribution in [0.2, 0.25) is 0 Å². The van der Waals surface area contributed by atoms with E-state index in [1.54, 1.807) is 12.1 Å². The molecule has 0 radical (unpaired) electrons. The van der Waals surface area contributed by atoms with Gasteiger partial charge in [-0.1, -0.05) is 42.5 Å². The summed E-state index contributed by atoms with van der Waals surface area (Å²) in [6.07, 6.45) is 0.810. The molecule has 0 aliphatic carbocycles. The van der Waals surface area contributed by atoms with Gasteiger partial charge in [0.15, 0.2) is 0 Å². The maximum Gasteiger partial charge on any atom is 0.270 e. The molecule has 27 heavy (non-hydrogen) atoms. The fourth-order valence-electron chi connectivity index (χ4n) is 3.94. The van der Waals surface area contributed by atoms with Crippen LogP contribution >= 0.6 is 0 Å². The van der Waals surface area contributed by atoms with E-state index in [0.717, 1.165) is 28.8 Å². The van der Waals surface area contributed by atoms with E-state index in [1.165, 1.54) is 27.8 Å². The van der Waals surface area contributed by atoms with E-state index in [1.807, 2.05) is 24.3 Å². The fourth-order valence-corrected chi connectivity index (χ4v) is 3.94. The number of rotatable bonds is 2. The van der Waals surface area contributed by atoms with Gasteiger partial charge in [-0.2, -0.15) is 0 Å². The highest BCUT2D eigenvalue weighted by atomic mass is 16.6. The smallest absolute Gasteiger partial charge is 0.270 e. The largest absolute Gasteiger partial charge is 0.376 e. The molecule has 0 fully saturated rings. The summed E-state index contributed by atoms with van der Waals surface area (Å²) in [6.45, 7) is 1.14. The second-order valence-electron chi connectivity index (χ2n) is 6.71. The van der Waals surface area contributed by atoms with E-state index < -0.39 is 0 Å². The first-order chi connectivity index (χ1) is 13.2. The van der Waals surface area contributed by atoms with Crippen molar-refractivity contribution in [3.05, 3.63) is 81.9 Å². The van der Waals surface area contributed by atoms with Crippen molar-refractivity contribution in [2.45, 2.75) is 13.0 Å². The molecule has 0 spiro atoms. The molecule has 0 N–H and O–H groups in total. The summed E-state index contributed by atoms with van der Waals surface area (Å²) in [4.78, 5) is 15.7. The van der Waals surface area contributed by atoms with E-state index in [9.17, 15) is 10.1 Å². The van der Waals surface area contributed by atoms with Gasteiger partial charge in [0.2, 0.25) is 0 Å². The zero-order valence-corrected chi connectivity index (χ0v) is 14.5. The lowest BCUT2D eigenvalue weighted by molar-refractivity contribution is -0.384. The molecule has 0 saturated heterocycles. The molecule has 5 heteroatoms. The predicted octanol–water partition coefficient (Wildman–Crippen LogP) is 5.04. The van der Waals surface area contributed by atoms with Crippen molar-refractivity contribution in [2.24, 2.45) is 0 Å². The molecule has 3 aromatic carbocycles. The number of non-ortho nitro benzene ring substituents is 1. The van der Waals surface area contributed by atoms with Gasteiger partial charge < -0.3 is 4.74 Å². The highest BCUT2D eigenvalue weighted by Gasteiger charge is 2.22. The summed E-state index contributed by atoms with van der Waals surface area (Å²) in [7, 11) is 0. The van der Waals surface area contributed by atoms with Crippen LogP contribution in [-0.2, 0) is 17.8 Å². The van der Waals surface area contributed by atoms with Gasteiger partial charge in [0.1, 0.15) is 0 Å². The number of nitrogens with zero attached hydrogens (tertiary/aromatic N) is 2. The molecular weight excluding hydrogens is 340 g/mol. The van der Waals surface area contributed by atoms with Crippen molar-refractivity contribution >= 4 is 27.4 Å². The van der Waals surface area contributed by atoms with Gasteiger partial charge in [0.25, 0.3) is 5.69 Å². The van der Waals surface area contributed by atoms with E-state index in [0.29, 0.717) is 13.2 Å². The van der Waals surface area contributed by atoms with Crippen molar-refractivity contribution in [1.82, 2.24) is 4.98 Å². The molecule has 0 amide bonds. The maximum absolute atomic E-state index is 11.2. The van der Waals surface area contributed by atoms with E-state index >= 15 is 0 Å². The third-order valence-electron chi connectivity index (χ3n) is 5.16. The Hall–Kier alpha value is -3.31. The Kier molecular flexibility index (Phi) is 3.62. The highest BCUT2D eigenvalue weighted by Crippen LogP contribution is 2.37. The maximum atomic E-state index is 11.2. The zero-order valence-electron chi connectivity index (χ0n) is 14.5. The average molecular weight is 356 g/mol. The van der Waals surface area contributed by atoms with Gasteiger partial charge >= 0.3 is 0 Å². The van der Waals surface area contributed by atoms with Gasteiger partial charge in [-0.05, 0) is 28.8 Å². The Bertz CT molecular complexity index is 1220. The molecule has 1 aliphatic heterocycles. The number of benzene rings is 3. The molecule has 5 nitrogen and oxygen atoms in total. The quantitative estimate of drug-likeness (QED) is 0.287. The first-order valence-corrected chi connectivity index (χ1v) is 8.88. The molecule has 4 aromatic rings. The van der Waals surface area contributed by atoms with Gasteiger partial charge in [-0.3, -0.25) is 10.1 Å². The summed E-state index contributed by atoms with van der Waals surface area (Å²) < 4.78 is 5.72. The highest BCUT2D eigenvalue weighted by molar-refractivity contribution is 6.09. The number of hydrogen-bond donors (Lipinski definition) is 0. The minimum Gasteiger partial charge on any atom is -0.376 e. The van der Waals surface area contributed by atoms with Crippen LogP contribution < -0.4 is 0 Å². The third-order valence-corrected chi connectivity index (χ3v) is 5.16. The Morgan fingerprint density at radius 3 is 2.78 bits per heavy atom. The molecule has 0 atom stereocenters. The van der Waals surface area contributed by atoms with Crippen LogP contribution in [0.15, 0.2) is 60.7 Å². The lowest BCUT2D eigenvalue weighted by Gasteiger charge is -2.22. The zero-order chi connectivity index (χ0) is 18.4. The third kappa shape index (κ3) is 2.55. The number of hydrogen-bond acceptors (Lipinski definition) is 4. The number of pyridine rings is 1. The van der Waals surface area contributed by atoms with Crippen molar-refractivity contribution in [3.8, 4) is 11.3 Å². The normalized spacial score (nSPS) is 13.6. The standard InChI is InChI=1S/C22H16N2O3/c25-24(26)16-6-3-5-15(12-16)22-19-13-27-11-10-18(19)21-17-7-2-1-4-14(17)8-9-20(21)23-22/h1-9,12H,10-11,13H2. The van der Waals surface area contributed by atoms with Gasteiger partial charge in [-0.25, -0.2) is 4.98 Å². The molecule has 132 valence electrons. The van der Waals surface area contributed by atoms with Crippen LogP contribution in [0.4, 0.5) is 5.69 Å². The Labute approximate surface area is 155 Å². The number of aromatic nitrogens is 1. The number of nitro benzene ring substituents is 1. The fraction of sp³-hybridized carbons (Fsp3) is 0.136. The number of fused-ring (bicyclic) bond motifs is 5. The van der Waals surface area contributed by atoms with Gasteiger partial charge in [0, 0.05) is 28.6 Å². The number of ether oxygens (including phenoxy) is 1. The monoisotopic (exact) mass is 356 g/mol. The number of nitro groups is 1.